The lowest BCUT2D eigenvalue weighted by atomic mass is 10.1. The zero-order valence-corrected chi connectivity index (χ0v) is 15.0. The third kappa shape index (κ3) is 3.73. The summed E-state index contributed by atoms with van der Waals surface area (Å²) in [7, 11) is 1.71. The lowest BCUT2D eigenvalue weighted by molar-refractivity contribution is 0.242. The van der Waals surface area contributed by atoms with E-state index < -0.39 is 0 Å². The van der Waals surface area contributed by atoms with E-state index in [-0.39, 0.29) is 0 Å². The minimum Gasteiger partial charge on any atom is -0.497 e. The van der Waals surface area contributed by atoms with Crippen molar-refractivity contribution in [3.8, 4) is 17.1 Å². The van der Waals surface area contributed by atoms with Crippen LogP contribution in [0.2, 0.25) is 0 Å². The molecule has 0 amide bonds. The predicted octanol–water partition coefficient (Wildman–Crippen LogP) is 3.67. The highest BCUT2D eigenvalue weighted by Crippen LogP contribution is 2.23. The highest BCUT2D eigenvalue weighted by atomic mass is 16.5. The first-order chi connectivity index (χ1) is 12.8. The van der Waals surface area contributed by atoms with Gasteiger partial charge in [0.25, 0.3) is 0 Å². The van der Waals surface area contributed by atoms with Crippen LogP contribution in [0.1, 0.15) is 5.69 Å². The molecule has 1 fully saturated rings. The van der Waals surface area contributed by atoms with Gasteiger partial charge in [-0.15, -0.1) is 0 Å². The van der Waals surface area contributed by atoms with Crippen molar-refractivity contribution < 1.29 is 9.26 Å². The van der Waals surface area contributed by atoms with Gasteiger partial charge >= 0.3 is 0 Å². The second kappa shape index (κ2) is 7.62. The van der Waals surface area contributed by atoms with E-state index in [4.69, 9.17) is 9.26 Å². The van der Waals surface area contributed by atoms with Crippen molar-refractivity contribution in [3.63, 3.8) is 0 Å². The summed E-state index contributed by atoms with van der Waals surface area (Å²) < 4.78 is 10.8. The number of rotatable bonds is 5. The molecule has 2 aromatic carbocycles. The average Bonchev–Trinajstić information content (AvgIpc) is 3.18. The largest absolute Gasteiger partial charge is 0.497 e. The number of hydrogen-bond donors (Lipinski definition) is 0. The summed E-state index contributed by atoms with van der Waals surface area (Å²) in [5, 5.41) is 4.24. The van der Waals surface area contributed by atoms with Crippen molar-refractivity contribution >= 4 is 5.69 Å². The van der Waals surface area contributed by atoms with E-state index in [0.717, 1.165) is 55.5 Å². The van der Waals surface area contributed by atoms with E-state index in [1.54, 1.807) is 7.11 Å². The zero-order chi connectivity index (χ0) is 17.8. The molecule has 26 heavy (non-hydrogen) atoms. The number of benzene rings is 2. The van der Waals surface area contributed by atoms with Gasteiger partial charge in [-0.3, -0.25) is 4.90 Å². The molecule has 0 radical (unpaired) electrons. The first kappa shape index (κ1) is 16.7. The highest BCUT2D eigenvalue weighted by molar-refractivity contribution is 5.57. The lowest BCUT2D eigenvalue weighted by Gasteiger charge is -2.35. The maximum absolute atomic E-state index is 5.51. The molecule has 0 aliphatic carbocycles. The zero-order valence-electron chi connectivity index (χ0n) is 15.0. The van der Waals surface area contributed by atoms with Crippen LogP contribution >= 0.6 is 0 Å². The Bertz CT molecular complexity index is 839. The van der Waals surface area contributed by atoms with Crippen molar-refractivity contribution in [2.45, 2.75) is 6.54 Å². The first-order valence-electron chi connectivity index (χ1n) is 8.94. The molecule has 0 spiro atoms. The average molecular weight is 349 g/mol. The van der Waals surface area contributed by atoms with Gasteiger partial charge in [0.2, 0.25) is 0 Å². The van der Waals surface area contributed by atoms with E-state index in [1.807, 2.05) is 48.5 Å². The van der Waals surface area contributed by atoms with Crippen LogP contribution in [-0.4, -0.2) is 43.3 Å². The summed E-state index contributed by atoms with van der Waals surface area (Å²) in [5.41, 5.74) is 3.27. The molecule has 5 heteroatoms. The Hall–Kier alpha value is -2.79. The topological polar surface area (TPSA) is 41.7 Å². The third-order valence-electron chi connectivity index (χ3n) is 4.79. The second-order valence-electron chi connectivity index (χ2n) is 6.51. The maximum atomic E-state index is 5.51. The number of ether oxygens (including phenoxy) is 1. The van der Waals surface area contributed by atoms with Crippen LogP contribution in [0.3, 0.4) is 0 Å². The molecule has 1 aliphatic rings. The van der Waals surface area contributed by atoms with Crippen molar-refractivity contribution in [1.82, 2.24) is 10.1 Å². The quantitative estimate of drug-likeness (QED) is 0.703. The minimum absolute atomic E-state index is 0.822. The van der Waals surface area contributed by atoms with E-state index in [2.05, 4.69) is 27.1 Å². The molecule has 1 saturated heterocycles. The molecule has 4 rings (SSSR count). The summed E-state index contributed by atoms with van der Waals surface area (Å²) in [4.78, 5) is 4.82. The molecule has 0 atom stereocenters. The molecular weight excluding hydrogens is 326 g/mol. The molecule has 1 aromatic heterocycles. The monoisotopic (exact) mass is 349 g/mol. The van der Waals surface area contributed by atoms with Gasteiger partial charge in [-0.2, -0.15) is 0 Å². The Morgan fingerprint density at radius 3 is 2.54 bits per heavy atom. The summed E-state index contributed by atoms with van der Waals surface area (Å²) in [6.07, 6.45) is 0. The fourth-order valence-electron chi connectivity index (χ4n) is 3.33. The van der Waals surface area contributed by atoms with Gasteiger partial charge in [-0.25, -0.2) is 0 Å². The fourth-order valence-corrected chi connectivity index (χ4v) is 3.33. The Morgan fingerprint density at radius 1 is 0.962 bits per heavy atom. The van der Waals surface area contributed by atoms with Gasteiger partial charge in [0, 0.05) is 56.1 Å². The van der Waals surface area contributed by atoms with E-state index in [1.165, 1.54) is 5.69 Å². The van der Waals surface area contributed by atoms with Gasteiger partial charge in [0.05, 0.1) is 12.8 Å². The third-order valence-corrected chi connectivity index (χ3v) is 4.79. The molecule has 0 saturated carbocycles. The number of piperazine rings is 1. The molecule has 2 heterocycles. The normalized spacial score (nSPS) is 15.2. The Balaban J connectivity index is 1.35. The van der Waals surface area contributed by atoms with Gasteiger partial charge in [-0.05, 0) is 12.1 Å². The number of nitrogens with zero attached hydrogens (tertiary/aromatic N) is 3. The smallest absolute Gasteiger partial charge is 0.167 e. The van der Waals surface area contributed by atoms with Crippen molar-refractivity contribution in [3.05, 3.63) is 66.4 Å². The fraction of sp³-hybridized carbons (Fsp3) is 0.286. The number of methoxy groups -OCH3 is 1. The van der Waals surface area contributed by atoms with Crippen LogP contribution in [0.5, 0.6) is 5.75 Å². The SMILES string of the molecule is COc1cccc(N2CCN(Cc3cc(-c4ccccc4)on3)CC2)c1. The van der Waals surface area contributed by atoms with E-state index in [9.17, 15) is 0 Å². The van der Waals surface area contributed by atoms with E-state index in [0.29, 0.717) is 0 Å². The predicted molar refractivity (Wildman–Crippen MR) is 102 cm³/mol. The Labute approximate surface area is 153 Å². The van der Waals surface area contributed by atoms with Crippen molar-refractivity contribution in [1.29, 1.82) is 0 Å². The molecule has 0 N–H and O–H groups in total. The lowest BCUT2D eigenvalue weighted by Crippen LogP contribution is -2.46. The van der Waals surface area contributed by atoms with Gasteiger partial charge < -0.3 is 14.2 Å². The number of aromatic nitrogens is 1. The van der Waals surface area contributed by atoms with Crippen LogP contribution in [0.25, 0.3) is 11.3 Å². The van der Waals surface area contributed by atoms with Crippen molar-refractivity contribution in [2.75, 3.05) is 38.2 Å². The number of anilines is 1. The summed E-state index contributed by atoms with van der Waals surface area (Å²) in [5.74, 6) is 1.73. The van der Waals surface area contributed by atoms with Crippen LogP contribution in [0.4, 0.5) is 5.69 Å². The van der Waals surface area contributed by atoms with Gasteiger partial charge in [-0.1, -0.05) is 41.6 Å². The van der Waals surface area contributed by atoms with Gasteiger partial charge in [0.15, 0.2) is 5.76 Å². The molecule has 1 aliphatic heterocycles. The van der Waals surface area contributed by atoms with Crippen LogP contribution in [0.15, 0.2) is 65.2 Å². The summed E-state index contributed by atoms with van der Waals surface area (Å²) in [6.45, 7) is 4.82. The Morgan fingerprint density at radius 2 is 1.77 bits per heavy atom. The Kier molecular flexibility index (Phi) is 4.88. The number of hydrogen-bond acceptors (Lipinski definition) is 5. The molecule has 0 unspecified atom stereocenters. The van der Waals surface area contributed by atoms with Crippen molar-refractivity contribution in [2.24, 2.45) is 0 Å². The maximum Gasteiger partial charge on any atom is 0.167 e. The molecule has 0 bridgehead atoms. The summed E-state index contributed by atoms with van der Waals surface area (Å²) >= 11 is 0. The first-order valence-corrected chi connectivity index (χ1v) is 8.94. The second-order valence-corrected chi connectivity index (χ2v) is 6.51. The van der Waals surface area contributed by atoms with Crippen LogP contribution < -0.4 is 9.64 Å². The van der Waals surface area contributed by atoms with E-state index >= 15 is 0 Å². The van der Waals surface area contributed by atoms with Crippen LogP contribution in [0, 0.1) is 0 Å². The summed E-state index contributed by atoms with van der Waals surface area (Å²) in [6, 6.07) is 20.4. The standard InChI is InChI=1S/C21H23N3O2/c1-25-20-9-5-8-19(15-20)24-12-10-23(11-13-24)16-18-14-21(26-22-18)17-6-3-2-4-7-17/h2-9,14-15H,10-13,16H2,1H3. The van der Waals surface area contributed by atoms with Gasteiger partial charge in [0.1, 0.15) is 5.75 Å². The highest BCUT2D eigenvalue weighted by Gasteiger charge is 2.19. The van der Waals surface area contributed by atoms with Crippen LogP contribution in [-0.2, 0) is 6.54 Å². The molecule has 134 valence electrons. The molecule has 5 nitrogen and oxygen atoms in total. The molecule has 3 aromatic rings. The minimum atomic E-state index is 0.822. The molecular formula is C21H23N3O2.